The first-order chi connectivity index (χ1) is 15.1. The number of nitrogens with zero attached hydrogens (tertiary/aromatic N) is 2. The van der Waals surface area contributed by atoms with E-state index in [-0.39, 0.29) is 16.2 Å². The number of hydrogen-bond donors (Lipinski definition) is 1. The molecule has 0 atom stereocenters. The molecule has 32 heavy (non-hydrogen) atoms. The van der Waals surface area contributed by atoms with Crippen LogP contribution in [-0.2, 0) is 9.59 Å². The van der Waals surface area contributed by atoms with Gasteiger partial charge in [0.05, 0.1) is 11.2 Å². The smallest absolute Gasteiger partial charge is 0.270 e. The van der Waals surface area contributed by atoms with Crippen LogP contribution in [0, 0.1) is 6.92 Å². The predicted octanol–water partition coefficient (Wildman–Crippen LogP) is 4.85. The Balaban J connectivity index is 1.74. The summed E-state index contributed by atoms with van der Waals surface area (Å²) in [6.45, 7) is 11.5. The molecule has 1 saturated heterocycles. The van der Waals surface area contributed by atoms with E-state index < -0.39 is 11.8 Å². The van der Waals surface area contributed by atoms with E-state index in [9.17, 15) is 9.59 Å². The lowest BCUT2D eigenvalue weighted by Crippen LogP contribution is -2.54. The number of likely N-dealkylation sites (N-methyl/N-ethyl adjacent to an activating group) is 1. The van der Waals surface area contributed by atoms with Gasteiger partial charge in [0.15, 0.2) is 5.11 Å². The van der Waals surface area contributed by atoms with Gasteiger partial charge >= 0.3 is 0 Å². The lowest BCUT2D eigenvalue weighted by molar-refractivity contribution is -0.122. The molecule has 0 radical (unpaired) electrons. The van der Waals surface area contributed by atoms with E-state index in [0.29, 0.717) is 5.69 Å². The van der Waals surface area contributed by atoms with E-state index in [1.165, 1.54) is 10.5 Å². The third-order valence-corrected chi connectivity index (χ3v) is 6.31. The second kappa shape index (κ2) is 8.02. The molecule has 4 rings (SSSR count). The van der Waals surface area contributed by atoms with Crippen molar-refractivity contribution < 1.29 is 9.59 Å². The monoisotopic (exact) mass is 445 g/mol. The number of anilines is 2. The fourth-order valence-electron chi connectivity index (χ4n) is 4.52. The number of thiocarbonyl (C=S) groups is 1. The summed E-state index contributed by atoms with van der Waals surface area (Å²) in [4.78, 5) is 29.6. The van der Waals surface area contributed by atoms with Crippen LogP contribution in [0.25, 0.3) is 11.6 Å². The third-order valence-electron chi connectivity index (χ3n) is 6.02. The average Bonchev–Trinajstić information content (AvgIpc) is 2.72. The van der Waals surface area contributed by atoms with Crippen molar-refractivity contribution in [2.24, 2.45) is 0 Å². The van der Waals surface area contributed by atoms with Crippen molar-refractivity contribution in [3.8, 4) is 0 Å². The fraction of sp³-hybridized carbons (Fsp3) is 0.269. The van der Waals surface area contributed by atoms with E-state index >= 15 is 0 Å². The number of rotatable bonds is 3. The van der Waals surface area contributed by atoms with E-state index in [1.807, 2.05) is 43.3 Å². The van der Waals surface area contributed by atoms with Gasteiger partial charge in [0.2, 0.25) is 0 Å². The highest BCUT2D eigenvalue weighted by atomic mass is 32.1. The Bertz CT molecular complexity index is 1190. The van der Waals surface area contributed by atoms with Gasteiger partial charge < -0.3 is 4.90 Å². The molecule has 164 valence electrons. The molecule has 2 aromatic carbocycles. The number of benzene rings is 2. The molecule has 2 aromatic rings. The molecule has 0 aliphatic carbocycles. The second-order valence-electron chi connectivity index (χ2n) is 8.80. The van der Waals surface area contributed by atoms with Crippen molar-refractivity contribution in [2.75, 3.05) is 16.3 Å². The highest BCUT2D eigenvalue weighted by molar-refractivity contribution is 7.80. The molecule has 0 saturated carbocycles. The Hall–Kier alpha value is -3.25. The number of allylic oxidation sites excluding steroid dienone is 1. The SMILES string of the molecule is CCN1c2ccc(/C=C3\C(=O)NC(=S)N(c4ccc(C)cc4)C3=O)cc2C(C)=CC1(C)C. The maximum Gasteiger partial charge on any atom is 0.270 e. The summed E-state index contributed by atoms with van der Waals surface area (Å²) in [5.41, 5.74) is 5.92. The molecule has 0 bridgehead atoms. The molecule has 2 heterocycles. The maximum absolute atomic E-state index is 13.3. The lowest BCUT2D eigenvalue weighted by atomic mass is 9.88. The van der Waals surface area contributed by atoms with Crippen LogP contribution in [-0.4, -0.2) is 29.0 Å². The van der Waals surface area contributed by atoms with Crippen LogP contribution in [0.3, 0.4) is 0 Å². The molecular formula is C26H27N3O2S. The van der Waals surface area contributed by atoms with Gasteiger partial charge in [-0.15, -0.1) is 0 Å². The van der Waals surface area contributed by atoms with Crippen LogP contribution in [0.15, 0.2) is 54.1 Å². The number of fused-ring (bicyclic) bond motifs is 1. The Morgan fingerprint density at radius 1 is 1.06 bits per heavy atom. The standard InChI is InChI=1S/C26H27N3O2S/c1-6-28-22-12-9-18(13-20(22)17(3)15-26(28,4)5)14-21-23(30)27-25(32)29(24(21)31)19-10-7-16(2)8-11-19/h7-15H,6H2,1-5H3,(H,27,30,32)/b21-14+. The predicted molar refractivity (Wildman–Crippen MR) is 135 cm³/mol. The number of aryl methyl sites for hydroxylation is 1. The van der Waals surface area contributed by atoms with Crippen molar-refractivity contribution in [3.05, 3.63) is 70.8 Å². The normalized spacial score (nSPS) is 19.1. The maximum atomic E-state index is 13.3. The average molecular weight is 446 g/mol. The summed E-state index contributed by atoms with van der Waals surface area (Å²) in [6.07, 6.45) is 3.90. The summed E-state index contributed by atoms with van der Waals surface area (Å²) in [5, 5.41) is 2.74. The minimum atomic E-state index is -0.482. The molecule has 2 aliphatic rings. The Kier molecular flexibility index (Phi) is 5.51. The van der Waals surface area contributed by atoms with E-state index in [1.54, 1.807) is 6.08 Å². The van der Waals surface area contributed by atoms with Crippen LogP contribution >= 0.6 is 12.2 Å². The Morgan fingerprint density at radius 3 is 2.41 bits per heavy atom. The number of nitrogens with one attached hydrogen (secondary N) is 1. The van der Waals surface area contributed by atoms with Gasteiger partial charge in [-0.3, -0.25) is 19.8 Å². The van der Waals surface area contributed by atoms with Crippen LogP contribution in [0.4, 0.5) is 11.4 Å². The second-order valence-corrected chi connectivity index (χ2v) is 9.18. The van der Waals surface area contributed by atoms with Gasteiger partial charge in [0, 0.05) is 17.8 Å². The topological polar surface area (TPSA) is 52.7 Å². The van der Waals surface area contributed by atoms with Crippen molar-refractivity contribution in [2.45, 2.75) is 40.2 Å². The van der Waals surface area contributed by atoms with E-state index in [4.69, 9.17) is 12.2 Å². The molecule has 0 spiro atoms. The zero-order chi connectivity index (χ0) is 23.2. The summed E-state index contributed by atoms with van der Waals surface area (Å²) < 4.78 is 0. The van der Waals surface area contributed by atoms with Crippen molar-refractivity contribution >= 4 is 52.2 Å². The van der Waals surface area contributed by atoms with Gasteiger partial charge in [0.25, 0.3) is 11.8 Å². The molecule has 2 aliphatic heterocycles. The number of carbonyl (C=O) groups is 2. The molecule has 0 unspecified atom stereocenters. The Labute approximate surface area is 194 Å². The van der Waals surface area contributed by atoms with Crippen LogP contribution in [0.5, 0.6) is 0 Å². The van der Waals surface area contributed by atoms with Gasteiger partial charge in [0.1, 0.15) is 5.57 Å². The zero-order valence-electron chi connectivity index (χ0n) is 19.0. The summed E-state index contributed by atoms with van der Waals surface area (Å²) in [6, 6.07) is 13.5. The summed E-state index contributed by atoms with van der Waals surface area (Å²) >= 11 is 5.29. The van der Waals surface area contributed by atoms with Crippen LogP contribution in [0.1, 0.15) is 44.4 Å². The highest BCUT2D eigenvalue weighted by Gasteiger charge is 2.35. The number of carbonyl (C=O) groups excluding carboxylic acids is 2. The molecule has 2 amide bonds. The van der Waals surface area contributed by atoms with Gasteiger partial charge in [-0.25, -0.2) is 0 Å². The quantitative estimate of drug-likeness (QED) is 0.417. The Morgan fingerprint density at radius 2 is 1.75 bits per heavy atom. The van der Waals surface area contributed by atoms with E-state index in [2.05, 4.69) is 50.1 Å². The first kappa shape index (κ1) is 22.0. The number of amides is 2. The first-order valence-electron chi connectivity index (χ1n) is 10.7. The van der Waals surface area contributed by atoms with Crippen LogP contribution < -0.4 is 15.1 Å². The van der Waals surface area contributed by atoms with Gasteiger partial charge in [-0.2, -0.15) is 0 Å². The summed E-state index contributed by atoms with van der Waals surface area (Å²) in [7, 11) is 0. The third kappa shape index (κ3) is 3.75. The van der Waals surface area contributed by atoms with Gasteiger partial charge in [-0.05, 0) is 88.3 Å². The first-order valence-corrected chi connectivity index (χ1v) is 11.1. The number of hydrogen-bond acceptors (Lipinski definition) is 4. The van der Waals surface area contributed by atoms with Crippen molar-refractivity contribution in [1.29, 1.82) is 0 Å². The largest absolute Gasteiger partial charge is 0.363 e. The molecule has 5 nitrogen and oxygen atoms in total. The molecule has 1 N–H and O–H groups in total. The summed E-state index contributed by atoms with van der Waals surface area (Å²) in [5.74, 6) is -0.909. The minimum Gasteiger partial charge on any atom is -0.363 e. The highest BCUT2D eigenvalue weighted by Crippen LogP contribution is 2.39. The molecule has 1 fully saturated rings. The minimum absolute atomic E-state index is 0.0595. The lowest BCUT2D eigenvalue weighted by Gasteiger charge is -2.42. The molecule has 0 aromatic heterocycles. The fourth-order valence-corrected chi connectivity index (χ4v) is 4.80. The van der Waals surface area contributed by atoms with E-state index in [0.717, 1.165) is 28.9 Å². The van der Waals surface area contributed by atoms with Crippen LogP contribution in [0.2, 0.25) is 0 Å². The van der Waals surface area contributed by atoms with Gasteiger partial charge in [-0.1, -0.05) is 29.8 Å². The van der Waals surface area contributed by atoms with Crippen molar-refractivity contribution in [3.63, 3.8) is 0 Å². The molecular weight excluding hydrogens is 418 g/mol. The molecule has 6 heteroatoms. The van der Waals surface area contributed by atoms with Crippen molar-refractivity contribution in [1.82, 2.24) is 5.32 Å². The zero-order valence-corrected chi connectivity index (χ0v) is 19.8.